The molecule has 0 atom stereocenters. The van der Waals surface area contributed by atoms with E-state index < -0.39 is 16.6 Å². The van der Waals surface area contributed by atoms with Crippen LogP contribution >= 0.6 is 11.6 Å². The molecule has 0 N–H and O–H groups in total. The lowest BCUT2D eigenvalue weighted by Gasteiger charge is -2.20. The molecule has 2 aromatic carbocycles. The second kappa shape index (κ2) is 6.50. The highest BCUT2D eigenvalue weighted by Gasteiger charge is 2.22. The zero-order chi connectivity index (χ0) is 16.3. The van der Waals surface area contributed by atoms with E-state index in [0.717, 1.165) is 16.4 Å². The van der Waals surface area contributed by atoms with Gasteiger partial charge in [-0.3, -0.25) is 4.31 Å². The quantitative estimate of drug-likeness (QED) is 0.827. The lowest BCUT2D eigenvalue weighted by atomic mass is 10.3. The van der Waals surface area contributed by atoms with Crippen molar-refractivity contribution in [3.05, 3.63) is 53.6 Å². The molecule has 8 heteroatoms. The lowest BCUT2D eigenvalue weighted by molar-refractivity contribution is -0.0498. The minimum atomic E-state index is -3.85. The zero-order valence-corrected chi connectivity index (χ0v) is 13.0. The van der Waals surface area contributed by atoms with Crippen molar-refractivity contribution in [1.82, 2.24) is 0 Å². The Hall–Kier alpha value is -1.86. The van der Waals surface area contributed by atoms with Gasteiger partial charge in [-0.25, -0.2) is 8.42 Å². The summed E-state index contributed by atoms with van der Waals surface area (Å²) in [7, 11) is -2.46. The van der Waals surface area contributed by atoms with Crippen molar-refractivity contribution in [3.63, 3.8) is 0 Å². The Morgan fingerprint density at radius 1 is 1.14 bits per heavy atom. The summed E-state index contributed by atoms with van der Waals surface area (Å²) in [6, 6.07) is 11.8. The third-order valence-electron chi connectivity index (χ3n) is 2.90. The van der Waals surface area contributed by atoms with Crippen molar-refractivity contribution >= 4 is 27.3 Å². The fourth-order valence-electron chi connectivity index (χ4n) is 1.77. The van der Waals surface area contributed by atoms with Gasteiger partial charge in [0.25, 0.3) is 10.0 Å². The molecule has 0 saturated heterocycles. The SMILES string of the molecule is CN(c1ccccc1)S(=O)(=O)c1ccc(OC(F)F)c(Cl)c1. The van der Waals surface area contributed by atoms with E-state index >= 15 is 0 Å². The number of ether oxygens (including phenoxy) is 1. The predicted octanol–water partition coefficient (Wildman–Crippen LogP) is 3.77. The van der Waals surface area contributed by atoms with E-state index in [4.69, 9.17) is 11.6 Å². The standard InChI is InChI=1S/C14H12ClF2NO3S/c1-18(10-5-3-2-4-6-10)22(19,20)11-7-8-13(12(15)9-11)21-14(16)17/h2-9,14H,1H3. The summed E-state index contributed by atoms with van der Waals surface area (Å²) < 4.78 is 54.6. The largest absolute Gasteiger partial charge is 0.433 e. The van der Waals surface area contributed by atoms with Crippen molar-refractivity contribution in [2.45, 2.75) is 11.5 Å². The maximum absolute atomic E-state index is 12.5. The summed E-state index contributed by atoms with van der Waals surface area (Å²) in [5, 5.41) is -0.206. The van der Waals surface area contributed by atoms with Crippen molar-refractivity contribution in [3.8, 4) is 5.75 Å². The van der Waals surface area contributed by atoms with Gasteiger partial charge in [0.05, 0.1) is 15.6 Å². The van der Waals surface area contributed by atoms with E-state index in [1.54, 1.807) is 30.3 Å². The van der Waals surface area contributed by atoms with Crippen LogP contribution in [0.4, 0.5) is 14.5 Å². The van der Waals surface area contributed by atoms with E-state index in [-0.39, 0.29) is 15.7 Å². The molecule has 0 unspecified atom stereocenters. The van der Waals surface area contributed by atoms with Crippen LogP contribution in [0.5, 0.6) is 5.75 Å². The highest BCUT2D eigenvalue weighted by Crippen LogP contribution is 2.30. The van der Waals surface area contributed by atoms with Gasteiger partial charge in [-0.1, -0.05) is 29.8 Å². The first-order valence-corrected chi connectivity index (χ1v) is 7.92. The van der Waals surface area contributed by atoms with Crippen LogP contribution in [0, 0.1) is 0 Å². The highest BCUT2D eigenvalue weighted by atomic mass is 35.5. The molecule has 22 heavy (non-hydrogen) atoms. The normalized spacial score (nSPS) is 11.5. The number of anilines is 1. The Morgan fingerprint density at radius 2 is 1.77 bits per heavy atom. The van der Waals surface area contributed by atoms with Gasteiger partial charge in [0, 0.05) is 7.05 Å². The Morgan fingerprint density at radius 3 is 2.32 bits per heavy atom. The van der Waals surface area contributed by atoms with Crippen molar-refractivity contribution < 1.29 is 21.9 Å². The summed E-state index contributed by atoms with van der Waals surface area (Å²) in [6.45, 7) is -3.04. The molecule has 0 bridgehead atoms. The van der Waals surface area contributed by atoms with Gasteiger partial charge in [0.1, 0.15) is 5.75 Å². The first-order chi connectivity index (χ1) is 10.3. The molecule has 2 rings (SSSR count). The summed E-state index contributed by atoms with van der Waals surface area (Å²) in [4.78, 5) is -0.120. The number of rotatable bonds is 5. The van der Waals surface area contributed by atoms with Gasteiger partial charge < -0.3 is 4.74 Å². The number of nitrogens with zero attached hydrogens (tertiary/aromatic N) is 1. The average molecular weight is 348 g/mol. The van der Waals surface area contributed by atoms with Crippen LogP contribution in [-0.4, -0.2) is 22.1 Å². The Labute approximate surface area is 131 Å². The number of hydrogen-bond donors (Lipinski definition) is 0. The topological polar surface area (TPSA) is 46.6 Å². The second-order valence-electron chi connectivity index (χ2n) is 4.28. The summed E-state index contributed by atoms with van der Waals surface area (Å²) >= 11 is 5.79. The van der Waals surface area contributed by atoms with Crippen LogP contribution < -0.4 is 9.04 Å². The number of benzene rings is 2. The molecule has 0 fully saturated rings. The Balaban J connectivity index is 2.36. The first kappa shape index (κ1) is 16.5. The van der Waals surface area contributed by atoms with E-state index in [1.807, 2.05) is 0 Å². The molecule has 0 radical (unpaired) electrons. The predicted molar refractivity (Wildman–Crippen MR) is 80.1 cm³/mol. The third-order valence-corrected chi connectivity index (χ3v) is 4.97. The first-order valence-electron chi connectivity index (χ1n) is 6.10. The summed E-state index contributed by atoms with van der Waals surface area (Å²) in [5.41, 5.74) is 0.464. The molecule has 0 aliphatic rings. The fourth-order valence-corrected chi connectivity index (χ4v) is 3.28. The average Bonchev–Trinajstić information content (AvgIpc) is 2.49. The summed E-state index contributed by atoms with van der Waals surface area (Å²) in [6.07, 6.45) is 0. The number of alkyl halides is 2. The second-order valence-corrected chi connectivity index (χ2v) is 6.66. The molecule has 0 aromatic heterocycles. The lowest BCUT2D eigenvalue weighted by Crippen LogP contribution is -2.26. The van der Waals surface area contributed by atoms with Gasteiger partial charge >= 0.3 is 6.61 Å². The molecule has 2 aromatic rings. The number of halogens is 3. The molecule has 4 nitrogen and oxygen atoms in total. The number of para-hydroxylation sites is 1. The van der Waals surface area contributed by atoms with Crippen molar-refractivity contribution in [2.75, 3.05) is 11.4 Å². The number of sulfonamides is 1. The van der Waals surface area contributed by atoms with Gasteiger partial charge in [-0.15, -0.1) is 0 Å². The van der Waals surface area contributed by atoms with Crippen LogP contribution in [0.2, 0.25) is 5.02 Å². The fraction of sp³-hybridized carbons (Fsp3) is 0.143. The summed E-state index contributed by atoms with van der Waals surface area (Å²) in [5.74, 6) is -0.280. The van der Waals surface area contributed by atoms with Gasteiger partial charge in [-0.05, 0) is 30.3 Å². The van der Waals surface area contributed by atoms with Gasteiger partial charge in [-0.2, -0.15) is 8.78 Å². The van der Waals surface area contributed by atoms with Crippen LogP contribution in [0.15, 0.2) is 53.4 Å². The molecule has 0 amide bonds. The van der Waals surface area contributed by atoms with E-state index in [0.29, 0.717) is 5.69 Å². The van der Waals surface area contributed by atoms with Gasteiger partial charge in [0.15, 0.2) is 0 Å². The number of hydrogen-bond acceptors (Lipinski definition) is 3. The van der Waals surface area contributed by atoms with E-state index in [1.165, 1.54) is 13.1 Å². The molecule has 118 valence electrons. The minimum absolute atomic E-state index is 0.120. The molecular weight excluding hydrogens is 336 g/mol. The molecule has 0 saturated carbocycles. The third kappa shape index (κ3) is 3.48. The van der Waals surface area contributed by atoms with E-state index in [9.17, 15) is 17.2 Å². The van der Waals surface area contributed by atoms with Gasteiger partial charge in [0.2, 0.25) is 0 Å². The minimum Gasteiger partial charge on any atom is -0.433 e. The van der Waals surface area contributed by atoms with Crippen molar-refractivity contribution in [2.24, 2.45) is 0 Å². The van der Waals surface area contributed by atoms with Crippen LogP contribution in [0.1, 0.15) is 0 Å². The monoisotopic (exact) mass is 347 g/mol. The molecular formula is C14H12ClF2NO3S. The maximum Gasteiger partial charge on any atom is 0.387 e. The van der Waals surface area contributed by atoms with Crippen LogP contribution in [-0.2, 0) is 10.0 Å². The molecule has 0 heterocycles. The molecule has 0 aliphatic heterocycles. The van der Waals surface area contributed by atoms with E-state index in [2.05, 4.69) is 4.74 Å². The van der Waals surface area contributed by atoms with Crippen LogP contribution in [0.25, 0.3) is 0 Å². The van der Waals surface area contributed by atoms with Crippen LogP contribution in [0.3, 0.4) is 0 Å². The molecule has 0 spiro atoms. The Bertz CT molecular complexity index is 754. The molecule has 0 aliphatic carbocycles. The zero-order valence-electron chi connectivity index (χ0n) is 11.4. The highest BCUT2D eigenvalue weighted by molar-refractivity contribution is 7.92. The smallest absolute Gasteiger partial charge is 0.387 e. The van der Waals surface area contributed by atoms with Crippen molar-refractivity contribution in [1.29, 1.82) is 0 Å². The Kier molecular flexibility index (Phi) is 4.87. The maximum atomic E-state index is 12.5.